The first kappa shape index (κ1) is 19.1. The standard InChI is InChI=1S/C20H21N3O3S/c1-12(2)15-10-18(25-4)13(3)9-16(15)17(24)11-27-20-23-22-19(26-20)14-5-7-21-8-6-14/h5-10,12H,11H2,1-4H3. The Morgan fingerprint density at radius 1 is 1.22 bits per heavy atom. The third-order valence-electron chi connectivity index (χ3n) is 4.15. The van der Waals surface area contributed by atoms with E-state index in [1.54, 1.807) is 31.6 Å². The number of methoxy groups -OCH3 is 1. The molecule has 0 radical (unpaired) electrons. The topological polar surface area (TPSA) is 78.1 Å². The van der Waals surface area contributed by atoms with E-state index in [0.29, 0.717) is 16.7 Å². The molecule has 2 heterocycles. The van der Waals surface area contributed by atoms with Crippen molar-refractivity contribution < 1.29 is 13.9 Å². The van der Waals surface area contributed by atoms with Crippen molar-refractivity contribution in [2.45, 2.75) is 31.9 Å². The highest BCUT2D eigenvalue weighted by Crippen LogP contribution is 2.30. The smallest absolute Gasteiger partial charge is 0.277 e. The first-order chi connectivity index (χ1) is 13.0. The molecular weight excluding hydrogens is 362 g/mol. The maximum atomic E-state index is 12.8. The predicted octanol–water partition coefficient (Wildman–Crippen LogP) is 4.55. The maximum Gasteiger partial charge on any atom is 0.277 e. The van der Waals surface area contributed by atoms with Gasteiger partial charge in [-0.05, 0) is 48.2 Å². The molecule has 0 aliphatic carbocycles. The lowest BCUT2D eigenvalue weighted by Crippen LogP contribution is -2.09. The van der Waals surface area contributed by atoms with Crippen LogP contribution in [0.1, 0.15) is 41.3 Å². The molecule has 1 aromatic carbocycles. The summed E-state index contributed by atoms with van der Waals surface area (Å²) >= 11 is 1.24. The Morgan fingerprint density at radius 2 is 1.96 bits per heavy atom. The van der Waals surface area contributed by atoms with Crippen molar-refractivity contribution in [1.29, 1.82) is 0 Å². The van der Waals surface area contributed by atoms with Gasteiger partial charge in [-0.1, -0.05) is 25.6 Å². The lowest BCUT2D eigenvalue weighted by Gasteiger charge is -2.15. The van der Waals surface area contributed by atoms with Crippen molar-refractivity contribution >= 4 is 17.5 Å². The first-order valence-electron chi connectivity index (χ1n) is 8.58. The number of hydrogen-bond donors (Lipinski definition) is 0. The van der Waals surface area contributed by atoms with E-state index in [1.807, 2.05) is 19.1 Å². The van der Waals surface area contributed by atoms with Gasteiger partial charge in [0, 0.05) is 23.5 Å². The normalized spacial score (nSPS) is 11.0. The van der Waals surface area contributed by atoms with E-state index in [-0.39, 0.29) is 17.5 Å². The lowest BCUT2D eigenvalue weighted by molar-refractivity contribution is 0.102. The minimum Gasteiger partial charge on any atom is -0.496 e. The number of nitrogens with zero attached hydrogens (tertiary/aromatic N) is 3. The highest BCUT2D eigenvalue weighted by molar-refractivity contribution is 7.99. The Morgan fingerprint density at radius 3 is 2.63 bits per heavy atom. The zero-order chi connectivity index (χ0) is 19.4. The summed E-state index contributed by atoms with van der Waals surface area (Å²) in [6.07, 6.45) is 3.32. The number of carbonyl (C=O) groups excluding carboxylic acids is 1. The summed E-state index contributed by atoms with van der Waals surface area (Å²) in [6.45, 7) is 6.06. The molecule has 0 N–H and O–H groups in total. The van der Waals surface area contributed by atoms with Gasteiger partial charge < -0.3 is 9.15 Å². The van der Waals surface area contributed by atoms with Crippen LogP contribution in [0.25, 0.3) is 11.5 Å². The van der Waals surface area contributed by atoms with Gasteiger partial charge in [0.05, 0.1) is 12.9 Å². The minimum absolute atomic E-state index is 0.0260. The van der Waals surface area contributed by atoms with Gasteiger partial charge in [0.2, 0.25) is 5.89 Å². The fraction of sp³-hybridized carbons (Fsp3) is 0.300. The average molecular weight is 383 g/mol. The zero-order valence-electron chi connectivity index (χ0n) is 15.7. The van der Waals surface area contributed by atoms with Gasteiger partial charge in [-0.15, -0.1) is 10.2 Å². The number of hydrogen-bond acceptors (Lipinski definition) is 7. The van der Waals surface area contributed by atoms with Crippen molar-refractivity contribution in [3.8, 4) is 17.2 Å². The van der Waals surface area contributed by atoms with E-state index in [9.17, 15) is 4.79 Å². The lowest BCUT2D eigenvalue weighted by atomic mass is 9.93. The number of aryl methyl sites for hydroxylation is 1. The molecule has 0 fully saturated rings. The maximum absolute atomic E-state index is 12.8. The zero-order valence-corrected chi connectivity index (χ0v) is 16.5. The molecule has 0 aliphatic rings. The summed E-state index contributed by atoms with van der Waals surface area (Å²) in [5, 5.41) is 8.41. The third-order valence-corrected chi connectivity index (χ3v) is 4.97. The molecule has 7 heteroatoms. The van der Waals surface area contributed by atoms with E-state index >= 15 is 0 Å². The van der Waals surface area contributed by atoms with Crippen LogP contribution in [0, 0.1) is 6.92 Å². The van der Waals surface area contributed by atoms with E-state index < -0.39 is 0 Å². The van der Waals surface area contributed by atoms with Crippen LogP contribution in [-0.4, -0.2) is 33.8 Å². The predicted molar refractivity (Wildman–Crippen MR) is 104 cm³/mol. The largest absolute Gasteiger partial charge is 0.496 e. The summed E-state index contributed by atoms with van der Waals surface area (Å²) in [7, 11) is 1.64. The van der Waals surface area contributed by atoms with E-state index in [1.165, 1.54) is 11.8 Å². The number of ketones is 1. The Labute approximate surface area is 162 Å². The molecule has 6 nitrogen and oxygen atoms in total. The number of ether oxygens (including phenoxy) is 1. The van der Waals surface area contributed by atoms with Crippen LogP contribution in [0.4, 0.5) is 0 Å². The Balaban J connectivity index is 1.75. The Bertz CT molecular complexity index is 939. The van der Waals surface area contributed by atoms with Crippen LogP contribution >= 0.6 is 11.8 Å². The van der Waals surface area contributed by atoms with Gasteiger partial charge in [0.25, 0.3) is 5.22 Å². The fourth-order valence-electron chi connectivity index (χ4n) is 2.73. The van der Waals surface area contributed by atoms with E-state index in [4.69, 9.17) is 9.15 Å². The van der Waals surface area contributed by atoms with E-state index in [0.717, 1.165) is 22.4 Å². The second-order valence-corrected chi connectivity index (χ2v) is 7.31. The number of aromatic nitrogens is 3. The number of Topliss-reactive ketones (excluding diaryl/α,β-unsaturated/α-hetero) is 1. The van der Waals surface area contributed by atoms with Gasteiger partial charge in [-0.2, -0.15) is 0 Å². The number of pyridine rings is 1. The Kier molecular flexibility index (Phi) is 5.91. The Hall–Kier alpha value is -2.67. The van der Waals surface area contributed by atoms with Gasteiger partial charge in [0.1, 0.15) is 5.75 Å². The molecule has 0 spiro atoms. The molecule has 0 atom stereocenters. The van der Waals surface area contributed by atoms with Crippen LogP contribution in [0.5, 0.6) is 5.75 Å². The second kappa shape index (κ2) is 8.35. The summed E-state index contributed by atoms with van der Waals surface area (Å²) in [4.78, 5) is 16.8. The summed E-state index contributed by atoms with van der Waals surface area (Å²) in [6, 6.07) is 7.43. The molecule has 2 aromatic heterocycles. The molecule has 0 unspecified atom stereocenters. The molecule has 140 valence electrons. The van der Waals surface area contributed by atoms with Crippen LogP contribution in [0.2, 0.25) is 0 Å². The van der Waals surface area contributed by atoms with Crippen molar-refractivity contribution in [3.63, 3.8) is 0 Å². The summed E-state index contributed by atoms with van der Waals surface area (Å²) in [5.41, 5.74) is 3.42. The first-order valence-corrected chi connectivity index (χ1v) is 9.56. The van der Waals surface area contributed by atoms with E-state index in [2.05, 4.69) is 29.0 Å². The minimum atomic E-state index is 0.0260. The highest BCUT2D eigenvalue weighted by Gasteiger charge is 2.18. The third kappa shape index (κ3) is 4.36. The van der Waals surface area contributed by atoms with Crippen LogP contribution in [0.15, 0.2) is 46.3 Å². The summed E-state index contributed by atoms with van der Waals surface area (Å²) < 4.78 is 11.0. The van der Waals surface area contributed by atoms with Crippen LogP contribution in [-0.2, 0) is 0 Å². The molecule has 3 aromatic rings. The number of benzene rings is 1. The van der Waals surface area contributed by atoms with Gasteiger partial charge in [-0.3, -0.25) is 9.78 Å². The number of carbonyl (C=O) groups is 1. The molecule has 0 amide bonds. The van der Waals surface area contributed by atoms with Crippen molar-refractivity contribution in [2.75, 3.05) is 12.9 Å². The second-order valence-electron chi connectivity index (χ2n) is 6.38. The van der Waals surface area contributed by atoms with Crippen molar-refractivity contribution in [2.24, 2.45) is 0 Å². The van der Waals surface area contributed by atoms with Gasteiger partial charge >= 0.3 is 0 Å². The molecule has 27 heavy (non-hydrogen) atoms. The van der Waals surface area contributed by atoms with Crippen LogP contribution < -0.4 is 4.74 Å². The van der Waals surface area contributed by atoms with Gasteiger partial charge in [-0.25, -0.2) is 0 Å². The molecule has 0 aliphatic heterocycles. The van der Waals surface area contributed by atoms with Crippen molar-refractivity contribution in [1.82, 2.24) is 15.2 Å². The monoisotopic (exact) mass is 383 g/mol. The van der Waals surface area contributed by atoms with Gasteiger partial charge in [0.15, 0.2) is 5.78 Å². The number of thioether (sulfide) groups is 1. The molecule has 0 bridgehead atoms. The molecule has 3 rings (SSSR count). The molecular formula is C20H21N3O3S. The quantitative estimate of drug-likeness (QED) is 0.437. The highest BCUT2D eigenvalue weighted by atomic mass is 32.2. The summed E-state index contributed by atoms with van der Waals surface area (Å²) in [5.74, 6) is 1.67. The average Bonchev–Trinajstić information content (AvgIpc) is 3.15. The fourth-order valence-corrected chi connectivity index (χ4v) is 3.37. The molecule has 0 saturated heterocycles. The molecule has 0 saturated carbocycles. The SMILES string of the molecule is COc1cc(C(C)C)c(C(=O)CSc2nnc(-c3ccncc3)o2)cc1C. The van der Waals surface area contributed by atoms with Crippen molar-refractivity contribution in [3.05, 3.63) is 53.3 Å². The number of rotatable bonds is 7. The van der Waals surface area contributed by atoms with Crippen LogP contribution in [0.3, 0.4) is 0 Å².